The fraction of sp³-hybridized carbons (Fsp3) is 0. The van der Waals surface area contributed by atoms with E-state index in [-0.39, 0.29) is 22.4 Å². The van der Waals surface area contributed by atoms with Gasteiger partial charge in [0.05, 0.1) is 28.1 Å². The first kappa shape index (κ1) is 17.7. The number of aromatic carboxylic acids is 1. The van der Waals surface area contributed by atoms with Gasteiger partial charge in [-0.15, -0.1) is 0 Å². The molecule has 0 atom stereocenters. The van der Waals surface area contributed by atoms with E-state index in [1.165, 1.54) is 18.2 Å². The number of rotatable bonds is 5. The maximum Gasteiger partial charge on any atom is 0.336 e. The Kier molecular flexibility index (Phi) is 5.15. The van der Waals surface area contributed by atoms with Crippen LogP contribution in [0.1, 0.15) is 31.1 Å². The van der Waals surface area contributed by atoms with Crippen molar-refractivity contribution < 1.29 is 19.5 Å². The molecule has 3 aromatic carbocycles. The van der Waals surface area contributed by atoms with Crippen molar-refractivity contribution in [1.29, 1.82) is 0 Å². The van der Waals surface area contributed by atoms with Crippen molar-refractivity contribution in [3.05, 3.63) is 95.6 Å². The molecular formula is C21H14N2O4. The second-order valence-corrected chi connectivity index (χ2v) is 5.53. The third-order valence-corrected chi connectivity index (χ3v) is 3.74. The molecule has 3 aromatic rings. The minimum Gasteiger partial charge on any atom is -0.478 e. The number of hydrogen-bond acceptors (Lipinski definition) is 3. The number of anilines is 2. The van der Waals surface area contributed by atoms with Crippen molar-refractivity contribution in [1.82, 2.24) is 0 Å². The minimum atomic E-state index is -1.20. The number of amides is 2. The fourth-order valence-electron chi connectivity index (χ4n) is 2.47. The van der Waals surface area contributed by atoms with Crippen LogP contribution in [0.3, 0.4) is 0 Å². The molecule has 132 valence electrons. The Morgan fingerprint density at radius 1 is 0.741 bits per heavy atom. The van der Waals surface area contributed by atoms with Crippen LogP contribution in [0.5, 0.6) is 0 Å². The van der Waals surface area contributed by atoms with Crippen LogP contribution in [0.25, 0.3) is 0 Å². The summed E-state index contributed by atoms with van der Waals surface area (Å²) in [5, 5.41) is 14.6. The number of nitrogens with one attached hydrogen (secondary N) is 2. The summed E-state index contributed by atoms with van der Waals surface area (Å²) in [6.07, 6.45) is 0. The predicted octanol–water partition coefficient (Wildman–Crippen LogP) is 3.49. The van der Waals surface area contributed by atoms with Gasteiger partial charge in [0.25, 0.3) is 11.8 Å². The van der Waals surface area contributed by atoms with Crippen molar-refractivity contribution in [3.8, 4) is 0 Å². The summed E-state index contributed by atoms with van der Waals surface area (Å²) in [7, 11) is 0. The van der Waals surface area contributed by atoms with Crippen molar-refractivity contribution >= 4 is 29.2 Å². The van der Waals surface area contributed by atoms with E-state index in [0.29, 0.717) is 5.69 Å². The molecule has 0 aliphatic heterocycles. The molecule has 0 unspecified atom stereocenters. The molecule has 3 rings (SSSR count). The first-order chi connectivity index (χ1) is 13.1. The average molecular weight is 358 g/mol. The molecule has 6 nitrogen and oxygen atoms in total. The van der Waals surface area contributed by atoms with Crippen LogP contribution in [0, 0.1) is 12.1 Å². The van der Waals surface area contributed by atoms with Gasteiger partial charge in [0, 0.05) is 6.07 Å². The van der Waals surface area contributed by atoms with Gasteiger partial charge in [-0.05, 0) is 36.4 Å². The lowest BCUT2D eigenvalue weighted by Crippen LogP contribution is -2.20. The SMILES string of the molecule is O=C(Nc1cc#ccc1)c1ccccc1NC(=O)c1ccccc1C(=O)O. The molecule has 3 N–H and O–H groups in total. The zero-order valence-corrected chi connectivity index (χ0v) is 14.0. The molecular weight excluding hydrogens is 344 g/mol. The van der Waals surface area contributed by atoms with E-state index in [9.17, 15) is 19.5 Å². The maximum absolute atomic E-state index is 12.6. The summed E-state index contributed by atoms with van der Waals surface area (Å²) in [4.78, 5) is 36.4. The molecule has 0 radical (unpaired) electrons. The van der Waals surface area contributed by atoms with Gasteiger partial charge >= 0.3 is 5.97 Å². The zero-order valence-electron chi connectivity index (χ0n) is 14.0. The predicted molar refractivity (Wildman–Crippen MR) is 99.9 cm³/mol. The summed E-state index contributed by atoms with van der Waals surface area (Å²) in [5.74, 6) is -2.24. The summed E-state index contributed by atoms with van der Waals surface area (Å²) in [5.41, 5.74) is 0.940. The highest BCUT2D eigenvalue weighted by atomic mass is 16.4. The van der Waals surface area contributed by atoms with Gasteiger partial charge < -0.3 is 15.7 Å². The van der Waals surface area contributed by atoms with Crippen molar-refractivity contribution in [2.24, 2.45) is 0 Å². The van der Waals surface area contributed by atoms with Crippen LogP contribution in [0.4, 0.5) is 11.4 Å². The standard InChI is InChI=1S/C21H14N2O4/c24-19(15-10-4-5-11-16(15)21(26)27)23-18-13-7-6-12-17(18)20(25)22-14-8-2-1-3-9-14/h2,4-13H,(H,22,25)(H,23,24)(H,26,27). The lowest BCUT2D eigenvalue weighted by molar-refractivity contribution is 0.0692. The quantitative estimate of drug-likeness (QED) is 0.650. The molecule has 6 heteroatoms. The van der Waals surface area contributed by atoms with E-state index < -0.39 is 17.8 Å². The fourth-order valence-corrected chi connectivity index (χ4v) is 2.47. The summed E-state index contributed by atoms with van der Waals surface area (Å²) in [6.45, 7) is 0. The Bertz CT molecular complexity index is 1000. The zero-order chi connectivity index (χ0) is 19.2. The van der Waals surface area contributed by atoms with Crippen LogP contribution in [-0.2, 0) is 0 Å². The van der Waals surface area contributed by atoms with Crippen molar-refractivity contribution in [2.75, 3.05) is 10.6 Å². The lowest BCUT2D eigenvalue weighted by atomic mass is 10.1. The molecule has 0 aliphatic rings. The third-order valence-electron chi connectivity index (χ3n) is 3.74. The molecule has 2 amide bonds. The van der Waals surface area contributed by atoms with Gasteiger partial charge in [0.15, 0.2) is 0 Å². The highest BCUT2D eigenvalue weighted by molar-refractivity contribution is 6.14. The Balaban J connectivity index is 1.85. The molecule has 0 aromatic heterocycles. The molecule has 0 bridgehead atoms. The maximum atomic E-state index is 12.6. The number of carbonyl (C=O) groups is 3. The molecule has 0 fully saturated rings. The number of carbonyl (C=O) groups excluding carboxylic acids is 2. The van der Waals surface area contributed by atoms with E-state index in [1.807, 2.05) is 0 Å². The van der Waals surface area contributed by atoms with Crippen molar-refractivity contribution in [3.63, 3.8) is 0 Å². The smallest absolute Gasteiger partial charge is 0.336 e. The highest BCUT2D eigenvalue weighted by Crippen LogP contribution is 2.19. The van der Waals surface area contributed by atoms with E-state index in [4.69, 9.17) is 0 Å². The Morgan fingerprint density at radius 2 is 1.37 bits per heavy atom. The van der Waals surface area contributed by atoms with E-state index in [0.717, 1.165) is 0 Å². The first-order valence-corrected chi connectivity index (χ1v) is 7.98. The van der Waals surface area contributed by atoms with Crippen LogP contribution in [0.2, 0.25) is 0 Å². The molecule has 0 saturated heterocycles. The van der Waals surface area contributed by atoms with E-state index >= 15 is 0 Å². The Labute approximate surface area is 155 Å². The van der Waals surface area contributed by atoms with Crippen LogP contribution < -0.4 is 10.6 Å². The minimum absolute atomic E-state index is 0.00778. The summed E-state index contributed by atoms with van der Waals surface area (Å²) >= 11 is 0. The second kappa shape index (κ2) is 7.85. The van der Waals surface area contributed by atoms with Gasteiger partial charge in [-0.2, -0.15) is 0 Å². The first-order valence-electron chi connectivity index (χ1n) is 7.98. The molecule has 0 saturated carbocycles. The summed E-state index contributed by atoms with van der Waals surface area (Å²) < 4.78 is 0. The van der Waals surface area contributed by atoms with Gasteiger partial charge in [0.1, 0.15) is 0 Å². The van der Waals surface area contributed by atoms with Gasteiger partial charge in [-0.1, -0.05) is 36.4 Å². The molecule has 0 spiro atoms. The number of carboxylic acid groups (broad SMARTS) is 1. The number of para-hydroxylation sites is 1. The van der Waals surface area contributed by atoms with Crippen molar-refractivity contribution in [2.45, 2.75) is 0 Å². The van der Waals surface area contributed by atoms with E-state index in [1.54, 1.807) is 48.5 Å². The van der Waals surface area contributed by atoms with Crippen LogP contribution in [-0.4, -0.2) is 22.9 Å². The Morgan fingerprint density at radius 3 is 2.04 bits per heavy atom. The van der Waals surface area contributed by atoms with Gasteiger partial charge in [0.2, 0.25) is 0 Å². The highest BCUT2D eigenvalue weighted by Gasteiger charge is 2.18. The average Bonchev–Trinajstić information content (AvgIpc) is 2.69. The van der Waals surface area contributed by atoms with Crippen LogP contribution in [0.15, 0.2) is 66.7 Å². The largest absolute Gasteiger partial charge is 0.478 e. The van der Waals surface area contributed by atoms with E-state index in [2.05, 4.69) is 22.8 Å². The number of hydrogen-bond donors (Lipinski definition) is 3. The Hall–Kier alpha value is -4.11. The monoisotopic (exact) mass is 358 g/mol. The third kappa shape index (κ3) is 4.11. The second-order valence-electron chi connectivity index (χ2n) is 5.53. The molecule has 0 heterocycles. The lowest BCUT2D eigenvalue weighted by Gasteiger charge is -2.12. The number of benzene rings is 2. The van der Waals surface area contributed by atoms with Gasteiger partial charge in [-0.3, -0.25) is 9.59 Å². The molecule has 0 aliphatic carbocycles. The molecule has 27 heavy (non-hydrogen) atoms. The topological polar surface area (TPSA) is 95.5 Å². The van der Waals surface area contributed by atoms with Crippen LogP contribution >= 0.6 is 0 Å². The number of carboxylic acids is 1. The summed E-state index contributed by atoms with van der Waals surface area (Å²) in [6, 6.07) is 22.7. The van der Waals surface area contributed by atoms with Gasteiger partial charge in [-0.25, -0.2) is 4.79 Å². The normalized spacial score (nSPS) is 9.78.